The minimum atomic E-state index is -4.16. The second-order valence-electron chi connectivity index (χ2n) is 4.44. The van der Waals surface area contributed by atoms with E-state index in [0.717, 1.165) is 9.80 Å². The normalized spacial score (nSPS) is 20.2. The Balaban J connectivity index is 2.25. The number of amides is 3. The summed E-state index contributed by atoms with van der Waals surface area (Å²) in [7, 11) is -1.49. The molecule has 0 spiro atoms. The number of hydrogen-bond donors (Lipinski definition) is 0. The van der Waals surface area contributed by atoms with E-state index in [1.165, 1.54) is 26.2 Å². The van der Waals surface area contributed by atoms with Crippen LogP contribution in [0.3, 0.4) is 0 Å². The fourth-order valence-electron chi connectivity index (χ4n) is 1.85. The first-order valence-electron chi connectivity index (χ1n) is 5.84. The first-order valence-corrected chi connectivity index (χ1v) is 7.31. The SMILES string of the molecule is CN1CC(S(=O)(=O)Oc2ccccc2)C(=O)N(C)C1=O. The summed E-state index contributed by atoms with van der Waals surface area (Å²) in [6.07, 6.45) is 0. The summed E-state index contributed by atoms with van der Waals surface area (Å²) in [6, 6.07) is 7.37. The number of rotatable bonds is 3. The van der Waals surface area contributed by atoms with E-state index in [0.29, 0.717) is 0 Å². The van der Waals surface area contributed by atoms with Crippen molar-refractivity contribution < 1.29 is 22.2 Å². The van der Waals surface area contributed by atoms with Crippen LogP contribution in [0.1, 0.15) is 0 Å². The molecule has 0 radical (unpaired) electrons. The van der Waals surface area contributed by atoms with E-state index < -0.39 is 27.3 Å². The molecule has 1 fully saturated rings. The van der Waals surface area contributed by atoms with Crippen LogP contribution in [0.4, 0.5) is 4.79 Å². The van der Waals surface area contributed by atoms with Gasteiger partial charge in [0.25, 0.3) is 5.91 Å². The molecule has 0 saturated carbocycles. The van der Waals surface area contributed by atoms with E-state index in [1.54, 1.807) is 18.2 Å². The van der Waals surface area contributed by atoms with Crippen molar-refractivity contribution in [1.29, 1.82) is 0 Å². The van der Waals surface area contributed by atoms with Gasteiger partial charge in [-0.2, -0.15) is 8.42 Å². The maximum atomic E-state index is 12.2. The Kier molecular flexibility index (Phi) is 3.67. The Labute approximate surface area is 116 Å². The average Bonchev–Trinajstić information content (AvgIpc) is 2.41. The topological polar surface area (TPSA) is 84.0 Å². The van der Waals surface area contributed by atoms with Crippen LogP contribution in [0, 0.1) is 0 Å². The number of urea groups is 1. The molecule has 1 aromatic carbocycles. The molecule has 1 aliphatic rings. The van der Waals surface area contributed by atoms with Crippen molar-refractivity contribution in [3.05, 3.63) is 30.3 Å². The van der Waals surface area contributed by atoms with Gasteiger partial charge in [0, 0.05) is 14.1 Å². The molecule has 3 amide bonds. The number of carbonyl (C=O) groups excluding carboxylic acids is 2. The Hall–Kier alpha value is -2.09. The van der Waals surface area contributed by atoms with E-state index in [-0.39, 0.29) is 12.3 Å². The van der Waals surface area contributed by atoms with Gasteiger partial charge in [-0.25, -0.2) is 4.79 Å². The molecule has 1 aromatic rings. The van der Waals surface area contributed by atoms with E-state index in [1.807, 2.05) is 0 Å². The quantitative estimate of drug-likeness (QED) is 0.749. The van der Waals surface area contributed by atoms with Gasteiger partial charge in [-0.3, -0.25) is 9.69 Å². The van der Waals surface area contributed by atoms with Gasteiger partial charge in [0.1, 0.15) is 5.75 Å². The third kappa shape index (κ3) is 2.60. The van der Waals surface area contributed by atoms with Crippen LogP contribution in [-0.2, 0) is 14.9 Å². The minimum absolute atomic E-state index is 0.127. The fraction of sp³-hybridized carbons (Fsp3) is 0.333. The van der Waals surface area contributed by atoms with Gasteiger partial charge >= 0.3 is 16.1 Å². The van der Waals surface area contributed by atoms with Gasteiger partial charge in [-0.1, -0.05) is 18.2 Å². The Morgan fingerprint density at radius 2 is 1.75 bits per heavy atom. The molecule has 1 heterocycles. The van der Waals surface area contributed by atoms with Crippen LogP contribution in [0.5, 0.6) is 5.75 Å². The number of nitrogens with zero attached hydrogens (tertiary/aromatic N) is 2. The molecule has 0 aromatic heterocycles. The Morgan fingerprint density at radius 3 is 2.35 bits per heavy atom. The second kappa shape index (κ2) is 5.12. The highest BCUT2D eigenvalue weighted by Crippen LogP contribution is 2.19. The first-order chi connectivity index (χ1) is 9.33. The Bertz CT molecular complexity index is 629. The molecule has 8 heteroatoms. The standard InChI is InChI=1S/C12H14N2O5S/c1-13-8-10(11(15)14(2)12(13)16)20(17,18)19-9-6-4-3-5-7-9/h3-7,10H,8H2,1-2H3. The predicted octanol–water partition coefficient (Wildman–Crippen LogP) is 0.288. The smallest absolute Gasteiger partial charge is 0.326 e. The summed E-state index contributed by atoms with van der Waals surface area (Å²) < 4.78 is 29.2. The van der Waals surface area contributed by atoms with Crippen molar-refractivity contribution in [3.8, 4) is 5.75 Å². The number of benzene rings is 1. The minimum Gasteiger partial charge on any atom is -0.382 e. The van der Waals surface area contributed by atoms with Gasteiger partial charge < -0.3 is 9.08 Å². The van der Waals surface area contributed by atoms with E-state index in [2.05, 4.69) is 0 Å². The van der Waals surface area contributed by atoms with Crippen LogP contribution in [0.2, 0.25) is 0 Å². The molecule has 1 saturated heterocycles. The average molecular weight is 298 g/mol. The highest BCUT2D eigenvalue weighted by atomic mass is 32.2. The van der Waals surface area contributed by atoms with Gasteiger partial charge in [0.2, 0.25) is 0 Å². The fourth-order valence-corrected chi connectivity index (χ4v) is 3.16. The lowest BCUT2D eigenvalue weighted by molar-refractivity contribution is -0.129. The number of hydrogen-bond acceptors (Lipinski definition) is 5. The number of carbonyl (C=O) groups is 2. The van der Waals surface area contributed by atoms with Crippen molar-refractivity contribution in [2.45, 2.75) is 5.25 Å². The molecule has 1 aliphatic heterocycles. The van der Waals surface area contributed by atoms with Gasteiger partial charge in [0.15, 0.2) is 5.25 Å². The summed E-state index contributed by atoms with van der Waals surface area (Å²) in [5, 5.41) is -1.42. The monoisotopic (exact) mass is 298 g/mol. The van der Waals surface area contributed by atoms with Crippen molar-refractivity contribution in [1.82, 2.24) is 9.80 Å². The van der Waals surface area contributed by atoms with Gasteiger partial charge in [-0.05, 0) is 12.1 Å². The van der Waals surface area contributed by atoms with Crippen molar-refractivity contribution in [3.63, 3.8) is 0 Å². The van der Waals surface area contributed by atoms with Crippen LogP contribution in [0.15, 0.2) is 30.3 Å². The lowest BCUT2D eigenvalue weighted by Crippen LogP contribution is -2.59. The van der Waals surface area contributed by atoms with Crippen LogP contribution >= 0.6 is 0 Å². The zero-order valence-electron chi connectivity index (χ0n) is 11.0. The van der Waals surface area contributed by atoms with E-state index in [4.69, 9.17) is 4.18 Å². The summed E-state index contributed by atoms with van der Waals surface area (Å²) in [5.41, 5.74) is 0. The summed E-state index contributed by atoms with van der Waals surface area (Å²) >= 11 is 0. The zero-order chi connectivity index (χ0) is 14.9. The molecular weight excluding hydrogens is 284 g/mol. The molecular formula is C12H14N2O5S. The number of para-hydroxylation sites is 1. The second-order valence-corrected chi connectivity index (χ2v) is 6.16. The molecule has 0 bridgehead atoms. The molecule has 0 aliphatic carbocycles. The maximum absolute atomic E-state index is 12.2. The third-order valence-electron chi connectivity index (χ3n) is 2.96. The lowest BCUT2D eigenvalue weighted by atomic mass is 10.3. The Morgan fingerprint density at radius 1 is 1.15 bits per heavy atom. The van der Waals surface area contributed by atoms with Crippen LogP contribution in [0.25, 0.3) is 0 Å². The predicted molar refractivity (Wildman–Crippen MR) is 70.6 cm³/mol. The highest BCUT2D eigenvalue weighted by Gasteiger charge is 2.44. The number of imide groups is 1. The molecule has 108 valence electrons. The molecule has 0 N–H and O–H groups in total. The van der Waals surface area contributed by atoms with Crippen molar-refractivity contribution >= 4 is 22.1 Å². The zero-order valence-corrected chi connectivity index (χ0v) is 11.8. The first kappa shape index (κ1) is 14.3. The summed E-state index contributed by atoms with van der Waals surface area (Å²) in [6.45, 7) is -0.225. The van der Waals surface area contributed by atoms with Crippen molar-refractivity contribution in [2.75, 3.05) is 20.6 Å². The molecule has 20 heavy (non-hydrogen) atoms. The summed E-state index contributed by atoms with van der Waals surface area (Å²) in [4.78, 5) is 25.4. The van der Waals surface area contributed by atoms with Gasteiger partial charge in [-0.15, -0.1) is 0 Å². The van der Waals surface area contributed by atoms with Crippen molar-refractivity contribution in [2.24, 2.45) is 0 Å². The summed E-state index contributed by atoms with van der Waals surface area (Å²) in [5.74, 6) is -0.661. The highest BCUT2D eigenvalue weighted by molar-refractivity contribution is 7.88. The molecule has 1 atom stereocenters. The molecule has 2 rings (SSSR count). The third-order valence-corrected chi connectivity index (χ3v) is 4.44. The maximum Gasteiger partial charge on any atom is 0.326 e. The molecule has 1 unspecified atom stereocenters. The van der Waals surface area contributed by atoms with Crippen LogP contribution in [-0.4, -0.2) is 56.0 Å². The van der Waals surface area contributed by atoms with E-state index >= 15 is 0 Å². The van der Waals surface area contributed by atoms with Gasteiger partial charge in [0.05, 0.1) is 6.54 Å². The van der Waals surface area contributed by atoms with Crippen LogP contribution < -0.4 is 4.18 Å². The molecule has 7 nitrogen and oxygen atoms in total. The lowest BCUT2D eigenvalue weighted by Gasteiger charge is -2.33. The van der Waals surface area contributed by atoms with E-state index in [9.17, 15) is 18.0 Å². The largest absolute Gasteiger partial charge is 0.382 e.